The average Bonchev–Trinajstić information content (AvgIpc) is 2.51. The summed E-state index contributed by atoms with van der Waals surface area (Å²) in [4.78, 5) is 14.7. The molecule has 5 heteroatoms. The fourth-order valence-corrected chi connectivity index (χ4v) is 4.56. The maximum atomic E-state index is 12.6. The lowest BCUT2D eigenvalue weighted by Gasteiger charge is -2.37. The second kappa shape index (κ2) is 7.75. The third-order valence-corrected chi connectivity index (χ3v) is 5.35. The van der Waals surface area contributed by atoms with Crippen LogP contribution in [0.1, 0.15) is 46.0 Å². The Kier molecular flexibility index (Phi) is 6.98. The zero-order valence-corrected chi connectivity index (χ0v) is 13.6. The zero-order valence-electron chi connectivity index (χ0n) is 12.0. The van der Waals surface area contributed by atoms with E-state index < -0.39 is 0 Å². The molecule has 0 aromatic carbocycles. The summed E-state index contributed by atoms with van der Waals surface area (Å²) in [7, 11) is 0. The van der Waals surface area contributed by atoms with E-state index in [1.54, 1.807) is 0 Å². The molecular weight excluding hydrogens is 280 g/mol. The van der Waals surface area contributed by atoms with Crippen molar-refractivity contribution in [2.24, 2.45) is 11.7 Å². The summed E-state index contributed by atoms with van der Waals surface area (Å²) < 4.78 is 0. The van der Waals surface area contributed by atoms with Crippen molar-refractivity contribution in [1.82, 2.24) is 4.90 Å². The maximum Gasteiger partial charge on any atom is 0.227 e. The fraction of sp³-hybridized carbons (Fsp3) is 0.929. The van der Waals surface area contributed by atoms with Crippen LogP contribution >= 0.6 is 24.2 Å². The fourth-order valence-electron chi connectivity index (χ4n) is 3.24. The van der Waals surface area contributed by atoms with Gasteiger partial charge in [0.05, 0.1) is 5.92 Å². The molecule has 0 radical (unpaired) electrons. The minimum atomic E-state index is 0. The molecule has 1 amide bonds. The van der Waals surface area contributed by atoms with Crippen molar-refractivity contribution in [2.75, 3.05) is 13.1 Å². The highest BCUT2D eigenvalue weighted by atomic mass is 35.5. The molecule has 1 saturated heterocycles. The van der Waals surface area contributed by atoms with E-state index in [4.69, 9.17) is 5.73 Å². The quantitative estimate of drug-likeness (QED) is 0.758. The van der Waals surface area contributed by atoms with E-state index in [1.165, 1.54) is 12.8 Å². The number of thioether (sulfide) groups is 1. The van der Waals surface area contributed by atoms with Crippen molar-refractivity contribution >= 4 is 30.1 Å². The van der Waals surface area contributed by atoms with Crippen LogP contribution < -0.4 is 5.73 Å². The molecule has 3 nitrogen and oxygen atoms in total. The first kappa shape index (κ1) is 17.1. The van der Waals surface area contributed by atoms with Gasteiger partial charge < -0.3 is 10.6 Å². The number of halogens is 1. The van der Waals surface area contributed by atoms with Crippen LogP contribution in [0.4, 0.5) is 0 Å². The third kappa shape index (κ3) is 4.54. The van der Waals surface area contributed by atoms with Gasteiger partial charge in [0.25, 0.3) is 0 Å². The van der Waals surface area contributed by atoms with Gasteiger partial charge in [0.2, 0.25) is 5.91 Å². The Morgan fingerprint density at radius 1 is 1.11 bits per heavy atom. The first-order valence-electron chi connectivity index (χ1n) is 7.27. The van der Waals surface area contributed by atoms with Crippen LogP contribution in [0.25, 0.3) is 0 Å². The van der Waals surface area contributed by atoms with Crippen LogP contribution in [-0.2, 0) is 4.79 Å². The normalized spacial score (nSPS) is 36.3. The van der Waals surface area contributed by atoms with Crippen LogP contribution in [-0.4, -0.2) is 40.4 Å². The van der Waals surface area contributed by atoms with Crippen molar-refractivity contribution < 1.29 is 4.79 Å². The Morgan fingerprint density at radius 2 is 1.68 bits per heavy atom. The minimum absolute atomic E-state index is 0. The van der Waals surface area contributed by atoms with Gasteiger partial charge in [-0.3, -0.25) is 4.79 Å². The van der Waals surface area contributed by atoms with Crippen LogP contribution in [0.2, 0.25) is 0 Å². The van der Waals surface area contributed by atoms with E-state index in [1.807, 2.05) is 11.8 Å². The standard InChI is InChI=1S/C14H26N2OS.ClH/c1-10-8-16(9-11(2)18-10)14(17)12-6-4-3-5-7-13(12)15;/h10-13H,3-9,15H2,1-2H3;1H. The van der Waals surface area contributed by atoms with Crippen LogP contribution in [0.15, 0.2) is 0 Å². The molecule has 0 aromatic rings. The Hall–Kier alpha value is 0.0700. The summed E-state index contributed by atoms with van der Waals surface area (Å²) in [5, 5.41) is 1.11. The molecule has 1 aliphatic carbocycles. The Bertz CT molecular complexity index is 293. The summed E-state index contributed by atoms with van der Waals surface area (Å²) in [5.41, 5.74) is 6.20. The summed E-state index contributed by atoms with van der Waals surface area (Å²) in [6.45, 7) is 6.23. The van der Waals surface area contributed by atoms with E-state index in [-0.39, 0.29) is 24.4 Å². The number of amides is 1. The number of hydrogen-bond donors (Lipinski definition) is 1. The Labute approximate surface area is 127 Å². The number of nitrogens with two attached hydrogens (primary N) is 1. The predicted octanol–water partition coefficient (Wildman–Crippen LogP) is 2.67. The molecule has 4 unspecified atom stereocenters. The van der Waals surface area contributed by atoms with Gasteiger partial charge in [-0.25, -0.2) is 0 Å². The van der Waals surface area contributed by atoms with E-state index in [0.29, 0.717) is 16.4 Å². The van der Waals surface area contributed by atoms with Gasteiger partial charge in [0.15, 0.2) is 0 Å². The van der Waals surface area contributed by atoms with Gasteiger partial charge in [0, 0.05) is 29.6 Å². The van der Waals surface area contributed by atoms with Gasteiger partial charge in [-0.15, -0.1) is 12.4 Å². The second-order valence-electron chi connectivity index (χ2n) is 5.91. The topological polar surface area (TPSA) is 46.3 Å². The van der Waals surface area contributed by atoms with Crippen molar-refractivity contribution in [3.8, 4) is 0 Å². The Balaban J connectivity index is 0.00000180. The molecule has 2 rings (SSSR count). The highest BCUT2D eigenvalue weighted by molar-refractivity contribution is 8.00. The maximum absolute atomic E-state index is 12.6. The lowest BCUT2D eigenvalue weighted by Crippen LogP contribution is -2.50. The third-order valence-electron chi connectivity index (χ3n) is 4.12. The first-order valence-corrected chi connectivity index (χ1v) is 8.22. The minimum Gasteiger partial charge on any atom is -0.340 e. The van der Waals surface area contributed by atoms with Crippen molar-refractivity contribution in [1.29, 1.82) is 0 Å². The van der Waals surface area contributed by atoms with Gasteiger partial charge in [-0.2, -0.15) is 11.8 Å². The molecule has 2 fully saturated rings. The molecule has 2 aliphatic rings. The highest BCUT2D eigenvalue weighted by Gasteiger charge is 2.33. The lowest BCUT2D eigenvalue weighted by atomic mass is 9.93. The van der Waals surface area contributed by atoms with Crippen molar-refractivity contribution in [3.05, 3.63) is 0 Å². The smallest absolute Gasteiger partial charge is 0.227 e. The van der Waals surface area contributed by atoms with Gasteiger partial charge in [0.1, 0.15) is 0 Å². The number of nitrogens with zero attached hydrogens (tertiary/aromatic N) is 1. The number of hydrogen-bond acceptors (Lipinski definition) is 3. The molecule has 112 valence electrons. The number of rotatable bonds is 1. The molecular formula is C14H27ClN2OS. The molecule has 4 atom stereocenters. The van der Waals surface area contributed by atoms with E-state index in [0.717, 1.165) is 32.4 Å². The molecule has 1 saturated carbocycles. The molecule has 0 aromatic heterocycles. The van der Waals surface area contributed by atoms with E-state index in [2.05, 4.69) is 18.7 Å². The first-order chi connectivity index (χ1) is 8.58. The molecule has 0 bridgehead atoms. The van der Waals surface area contributed by atoms with Crippen LogP contribution in [0.3, 0.4) is 0 Å². The molecule has 1 aliphatic heterocycles. The van der Waals surface area contributed by atoms with Crippen LogP contribution in [0, 0.1) is 5.92 Å². The number of carbonyl (C=O) groups is 1. The lowest BCUT2D eigenvalue weighted by molar-refractivity contribution is -0.136. The zero-order chi connectivity index (χ0) is 13.1. The van der Waals surface area contributed by atoms with Crippen molar-refractivity contribution in [2.45, 2.75) is 62.5 Å². The summed E-state index contributed by atoms with van der Waals surface area (Å²) in [6, 6.07) is 0.0835. The van der Waals surface area contributed by atoms with Gasteiger partial charge >= 0.3 is 0 Å². The van der Waals surface area contributed by atoms with Gasteiger partial charge in [-0.1, -0.05) is 33.1 Å². The molecule has 2 N–H and O–H groups in total. The summed E-state index contributed by atoms with van der Waals surface area (Å²) >= 11 is 1.99. The Morgan fingerprint density at radius 3 is 2.32 bits per heavy atom. The van der Waals surface area contributed by atoms with E-state index in [9.17, 15) is 4.79 Å². The SMILES string of the molecule is CC1CN(C(=O)C2CCCCCC2N)CC(C)S1.Cl. The highest BCUT2D eigenvalue weighted by Crippen LogP contribution is 2.29. The number of carbonyl (C=O) groups excluding carboxylic acids is 1. The molecule has 0 spiro atoms. The second-order valence-corrected chi connectivity index (χ2v) is 7.79. The molecule has 1 heterocycles. The summed E-state index contributed by atoms with van der Waals surface area (Å²) in [5.74, 6) is 0.401. The summed E-state index contributed by atoms with van der Waals surface area (Å²) in [6.07, 6.45) is 5.60. The predicted molar refractivity (Wildman–Crippen MR) is 84.9 cm³/mol. The van der Waals surface area contributed by atoms with E-state index >= 15 is 0 Å². The van der Waals surface area contributed by atoms with Crippen LogP contribution in [0.5, 0.6) is 0 Å². The molecule has 19 heavy (non-hydrogen) atoms. The largest absolute Gasteiger partial charge is 0.340 e. The monoisotopic (exact) mass is 306 g/mol. The van der Waals surface area contributed by atoms with Crippen molar-refractivity contribution in [3.63, 3.8) is 0 Å². The average molecular weight is 307 g/mol. The van der Waals surface area contributed by atoms with Gasteiger partial charge in [-0.05, 0) is 12.8 Å².